The van der Waals surface area contributed by atoms with Gasteiger partial charge in [0.2, 0.25) is 5.91 Å². The first-order chi connectivity index (χ1) is 14.5. The van der Waals surface area contributed by atoms with Crippen molar-refractivity contribution < 1.29 is 24.2 Å². The van der Waals surface area contributed by atoms with E-state index in [0.29, 0.717) is 29.1 Å². The maximum atomic E-state index is 12.8. The van der Waals surface area contributed by atoms with Gasteiger partial charge in [0.1, 0.15) is 5.75 Å². The van der Waals surface area contributed by atoms with E-state index in [1.807, 2.05) is 18.2 Å². The standard InChI is InChI=1S/C23H22N2O5/c1-30-18-12-16(9-10-17(18)25-21(26)13-5-3-2-4-6-13)24-22(27)19-14-7-8-15(11-14)20(19)23(28)29/h2-10,12,14-15,19-20H,11H2,1H3,(H,24,27)(H,25,26)(H,28,29)/t14-,15+,19+,20+/m0/s1. The van der Waals surface area contributed by atoms with Crippen LogP contribution in [0.2, 0.25) is 0 Å². The number of amides is 2. The Labute approximate surface area is 173 Å². The fourth-order valence-corrected chi connectivity index (χ4v) is 4.40. The zero-order chi connectivity index (χ0) is 21.3. The lowest BCUT2D eigenvalue weighted by atomic mass is 9.82. The minimum atomic E-state index is -0.941. The molecule has 2 aliphatic rings. The highest BCUT2D eigenvalue weighted by atomic mass is 16.5. The van der Waals surface area contributed by atoms with Gasteiger partial charge < -0.3 is 20.5 Å². The minimum Gasteiger partial charge on any atom is -0.494 e. The number of methoxy groups -OCH3 is 1. The van der Waals surface area contributed by atoms with Gasteiger partial charge in [-0.2, -0.15) is 0 Å². The number of carboxylic acids is 1. The molecule has 0 spiro atoms. The number of benzene rings is 2. The molecular weight excluding hydrogens is 384 g/mol. The second kappa shape index (κ2) is 8.02. The van der Waals surface area contributed by atoms with Gasteiger partial charge in [0.05, 0.1) is 24.6 Å². The Balaban J connectivity index is 1.49. The second-order valence-corrected chi connectivity index (χ2v) is 7.56. The minimum absolute atomic E-state index is 0.0533. The van der Waals surface area contributed by atoms with E-state index in [1.165, 1.54) is 7.11 Å². The molecule has 154 valence electrons. The maximum absolute atomic E-state index is 12.8. The highest BCUT2D eigenvalue weighted by Gasteiger charge is 2.51. The van der Waals surface area contributed by atoms with Crippen LogP contribution in [0.5, 0.6) is 5.75 Å². The summed E-state index contributed by atoms with van der Waals surface area (Å²) in [6.45, 7) is 0. The molecule has 3 N–H and O–H groups in total. The van der Waals surface area contributed by atoms with Crippen molar-refractivity contribution in [1.82, 2.24) is 0 Å². The van der Waals surface area contributed by atoms with Crippen molar-refractivity contribution in [1.29, 1.82) is 0 Å². The zero-order valence-electron chi connectivity index (χ0n) is 16.4. The zero-order valence-corrected chi connectivity index (χ0v) is 16.4. The summed E-state index contributed by atoms with van der Waals surface area (Å²) in [4.78, 5) is 36.9. The van der Waals surface area contributed by atoms with Gasteiger partial charge in [0.25, 0.3) is 5.91 Å². The topological polar surface area (TPSA) is 105 Å². The number of hydrogen-bond acceptors (Lipinski definition) is 4. The Morgan fingerprint density at radius 2 is 1.67 bits per heavy atom. The van der Waals surface area contributed by atoms with Gasteiger partial charge in [-0.25, -0.2) is 0 Å². The number of hydrogen-bond donors (Lipinski definition) is 3. The number of carbonyl (C=O) groups is 3. The molecule has 2 amide bonds. The van der Waals surface area contributed by atoms with Gasteiger partial charge in [0, 0.05) is 17.3 Å². The summed E-state index contributed by atoms with van der Waals surface area (Å²) in [5, 5.41) is 15.1. The molecule has 0 radical (unpaired) electrons. The first kappa shape index (κ1) is 19.7. The number of fused-ring (bicyclic) bond motifs is 2. The molecule has 0 aromatic heterocycles. The molecule has 4 atom stereocenters. The van der Waals surface area contributed by atoms with Crippen LogP contribution in [0.4, 0.5) is 11.4 Å². The van der Waals surface area contributed by atoms with E-state index in [0.717, 1.165) is 0 Å². The fourth-order valence-electron chi connectivity index (χ4n) is 4.40. The van der Waals surface area contributed by atoms with Crippen molar-refractivity contribution >= 4 is 29.2 Å². The highest BCUT2D eigenvalue weighted by Crippen LogP contribution is 2.48. The Morgan fingerprint density at radius 1 is 0.967 bits per heavy atom. The van der Waals surface area contributed by atoms with E-state index in [4.69, 9.17) is 4.74 Å². The van der Waals surface area contributed by atoms with Crippen molar-refractivity contribution in [2.45, 2.75) is 6.42 Å². The maximum Gasteiger partial charge on any atom is 0.307 e. The molecular formula is C23H22N2O5. The summed E-state index contributed by atoms with van der Waals surface area (Å²) in [7, 11) is 1.47. The van der Waals surface area contributed by atoms with Crippen LogP contribution >= 0.6 is 0 Å². The number of allylic oxidation sites excluding steroid dienone is 2. The normalized spacial score (nSPS) is 23.8. The van der Waals surface area contributed by atoms with Crippen molar-refractivity contribution in [3.05, 3.63) is 66.2 Å². The summed E-state index contributed by atoms with van der Waals surface area (Å²) in [5.74, 6) is -2.59. The highest BCUT2D eigenvalue weighted by molar-refractivity contribution is 6.05. The van der Waals surface area contributed by atoms with E-state index >= 15 is 0 Å². The lowest BCUT2D eigenvalue weighted by molar-refractivity contribution is -0.146. The van der Waals surface area contributed by atoms with Gasteiger partial charge in [-0.15, -0.1) is 0 Å². The van der Waals surface area contributed by atoms with Crippen LogP contribution < -0.4 is 15.4 Å². The van der Waals surface area contributed by atoms with E-state index in [2.05, 4.69) is 10.6 Å². The average Bonchev–Trinajstić information content (AvgIpc) is 3.37. The largest absolute Gasteiger partial charge is 0.494 e. The smallest absolute Gasteiger partial charge is 0.307 e. The van der Waals surface area contributed by atoms with Crippen LogP contribution in [0.1, 0.15) is 16.8 Å². The monoisotopic (exact) mass is 406 g/mol. The molecule has 0 heterocycles. The summed E-state index contributed by atoms with van der Waals surface area (Å²) in [6, 6.07) is 13.7. The lowest BCUT2D eigenvalue weighted by Crippen LogP contribution is -2.36. The molecule has 30 heavy (non-hydrogen) atoms. The van der Waals surface area contributed by atoms with Crippen molar-refractivity contribution in [3.8, 4) is 5.75 Å². The molecule has 1 saturated carbocycles. The Hall–Kier alpha value is -3.61. The summed E-state index contributed by atoms with van der Waals surface area (Å²) in [6.07, 6.45) is 4.54. The van der Waals surface area contributed by atoms with Crippen LogP contribution in [-0.4, -0.2) is 30.0 Å². The molecule has 2 aromatic carbocycles. The fraction of sp³-hybridized carbons (Fsp3) is 0.261. The molecule has 1 fully saturated rings. The van der Waals surface area contributed by atoms with Crippen LogP contribution in [0.25, 0.3) is 0 Å². The third kappa shape index (κ3) is 3.66. The molecule has 2 aromatic rings. The third-order valence-electron chi connectivity index (χ3n) is 5.80. The SMILES string of the molecule is COc1cc(NC(=O)[C@H]2[C@H](C(=O)O)[C@@H]3C=C[C@H]2C3)ccc1NC(=O)c1ccccc1. The second-order valence-electron chi connectivity index (χ2n) is 7.56. The summed E-state index contributed by atoms with van der Waals surface area (Å²) < 4.78 is 5.37. The number of nitrogens with one attached hydrogen (secondary N) is 2. The number of anilines is 2. The third-order valence-corrected chi connectivity index (χ3v) is 5.80. The average molecular weight is 406 g/mol. The van der Waals surface area contributed by atoms with Crippen molar-refractivity contribution in [3.63, 3.8) is 0 Å². The summed E-state index contributed by atoms with van der Waals surface area (Å²) in [5.41, 5.74) is 1.46. The number of carbonyl (C=O) groups excluding carboxylic acids is 2. The van der Waals surface area contributed by atoms with Gasteiger partial charge in [-0.1, -0.05) is 30.4 Å². The molecule has 0 saturated heterocycles. The van der Waals surface area contributed by atoms with Gasteiger partial charge in [-0.3, -0.25) is 14.4 Å². The molecule has 4 rings (SSSR count). The van der Waals surface area contributed by atoms with Gasteiger partial charge in [-0.05, 0) is 42.5 Å². The number of rotatable bonds is 6. The number of aliphatic carboxylic acids is 1. The lowest BCUT2D eigenvalue weighted by Gasteiger charge is -2.24. The molecule has 7 nitrogen and oxygen atoms in total. The molecule has 0 aliphatic heterocycles. The predicted octanol–water partition coefficient (Wildman–Crippen LogP) is 3.41. The molecule has 0 unspecified atom stereocenters. The quantitative estimate of drug-likeness (QED) is 0.638. The number of ether oxygens (including phenoxy) is 1. The van der Waals surface area contributed by atoms with Crippen LogP contribution in [-0.2, 0) is 9.59 Å². The van der Waals surface area contributed by atoms with E-state index in [9.17, 15) is 19.5 Å². The first-order valence-electron chi connectivity index (χ1n) is 9.74. The van der Waals surface area contributed by atoms with E-state index in [-0.39, 0.29) is 23.7 Å². The van der Waals surface area contributed by atoms with Gasteiger partial charge in [0.15, 0.2) is 0 Å². The van der Waals surface area contributed by atoms with E-state index in [1.54, 1.807) is 42.5 Å². The van der Waals surface area contributed by atoms with Gasteiger partial charge >= 0.3 is 5.97 Å². The van der Waals surface area contributed by atoms with Crippen LogP contribution in [0, 0.1) is 23.7 Å². The molecule has 2 bridgehead atoms. The molecule has 2 aliphatic carbocycles. The first-order valence-corrected chi connectivity index (χ1v) is 9.74. The Bertz CT molecular complexity index is 1020. The van der Waals surface area contributed by atoms with Crippen molar-refractivity contribution in [2.75, 3.05) is 17.7 Å². The molecule has 7 heteroatoms. The van der Waals surface area contributed by atoms with Crippen molar-refractivity contribution in [2.24, 2.45) is 23.7 Å². The Morgan fingerprint density at radius 3 is 2.33 bits per heavy atom. The number of carboxylic acid groups (broad SMARTS) is 1. The summed E-state index contributed by atoms with van der Waals surface area (Å²) >= 11 is 0. The van der Waals surface area contributed by atoms with E-state index < -0.39 is 17.8 Å². The predicted molar refractivity (Wildman–Crippen MR) is 111 cm³/mol. The Kier molecular flexibility index (Phi) is 5.27. The van der Waals surface area contributed by atoms with Crippen LogP contribution in [0.3, 0.4) is 0 Å². The van der Waals surface area contributed by atoms with Crippen LogP contribution in [0.15, 0.2) is 60.7 Å².